The van der Waals surface area contributed by atoms with E-state index in [2.05, 4.69) is 10.0 Å². The number of anilines is 1. The number of carboxylic acids is 2. The van der Waals surface area contributed by atoms with Crippen LogP contribution in [-0.2, 0) is 35.1 Å². The second-order valence-corrected chi connectivity index (χ2v) is 15.7. The number of sulfonamides is 1. The Balaban J connectivity index is 0.00000729. The van der Waals surface area contributed by atoms with Crippen molar-refractivity contribution in [3.63, 3.8) is 0 Å². The summed E-state index contributed by atoms with van der Waals surface area (Å²) in [5.74, 6) is -4.80. The first-order chi connectivity index (χ1) is 23.7. The number of unbranched alkanes of at least 4 members (excludes halogenated alkanes) is 2. The molecule has 0 unspecified atom stereocenters. The van der Waals surface area contributed by atoms with Gasteiger partial charge in [-0.15, -0.1) is 0 Å². The van der Waals surface area contributed by atoms with Crippen molar-refractivity contribution < 1.29 is 98.3 Å². The first-order valence-electron chi connectivity index (χ1n) is 14.9. The molecule has 18 nitrogen and oxygen atoms in total. The molecule has 8 N–H and O–H groups in total. The van der Waals surface area contributed by atoms with Crippen molar-refractivity contribution in [2.24, 2.45) is 0 Å². The number of hydrogen-bond donors (Lipinski definition) is 6. The van der Waals surface area contributed by atoms with Crippen LogP contribution in [0, 0.1) is 0 Å². The summed E-state index contributed by atoms with van der Waals surface area (Å²) in [6.07, 6.45) is 0.831. The van der Waals surface area contributed by atoms with Crippen LogP contribution in [0.15, 0.2) is 56.7 Å². The average molecular weight is 791 g/mol. The number of carbonyl (C=O) groups is 3. The largest absolute Gasteiger partial charge is 1.00 e. The molecule has 22 heteroatoms. The molecule has 0 fully saturated rings. The quantitative estimate of drug-likeness (QED) is 0.0212. The van der Waals surface area contributed by atoms with Gasteiger partial charge in [-0.2, -0.15) is 0 Å². The molecule has 1 aliphatic carbocycles. The van der Waals surface area contributed by atoms with Crippen LogP contribution in [0.4, 0.5) is 5.69 Å². The second-order valence-electron chi connectivity index (χ2n) is 11.2. The van der Waals surface area contributed by atoms with Crippen molar-refractivity contribution in [3.05, 3.63) is 58.9 Å². The van der Waals surface area contributed by atoms with Crippen LogP contribution in [0.1, 0.15) is 52.8 Å². The summed E-state index contributed by atoms with van der Waals surface area (Å²) in [6.45, 7) is -0.421. The van der Waals surface area contributed by atoms with Gasteiger partial charge in [0.15, 0.2) is 16.2 Å². The number of carbonyl (C=O) groups excluding carboxylic acids is 1. The standard InChI is InChI=1S/C30H32N4O14S3.Na/c31-21-10-8-18-24(20-15-16(6-7-17(20)30(38)39)29(37)33-12-3-1-2-5-23(35)36)19-9-11-22(32)28(51(45,46)47)26(19)48-25(18)27(21)50(43,44)34-13-4-14-49(40,41)42;/h6-11,15,32,34H,1-5,12-14,31H2,(H,33,37)(H,35,36)(H,38,39)(H,40,41,42)(H,45,46,47);/q;+1/p-1. The zero-order chi connectivity index (χ0) is 37.9. The van der Waals surface area contributed by atoms with Crippen molar-refractivity contribution in [3.8, 4) is 22.5 Å². The fourth-order valence-corrected chi connectivity index (χ4v) is 7.88. The number of carboxylic acid groups (broad SMARTS) is 2. The van der Waals surface area contributed by atoms with Crippen LogP contribution in [0.5, 0.6) is 0 Å². The van der Waals surface area contributed by atoms with Crippen molar-refractivity contribution >= 4 is 64.8 Å². The number of amides is 1. The molecule has 1 amide bonds. The Morgan fingerprint density at radius 1 is 0.846 bits per heavy atom. The molecule has 1 heterocycles. The van der Waals surface area contributed by atoms with Gasteiger partial charge in [0.25, 0.3) is 5.91 Å². The van der Waals surface area contributed by atoms with E-state index in [1.54, 1.807) is 0 Å². The molecule has 0 saturated carbocycles. The van der Waals surface area contributed by atoms with Crippen LogP contribution in [0.25, 0.3) is 33.4 Å². The molecule has 0 atom stereocenters. The van der Waals surface area contributed by atoms with Gasteiger partial charge in [-0.05, 0) is 61.2 Å². The molecule has 1 aliphatic heterocycles. The van der Waals surface area contributed by atoms with Crippen molar-refractivity contribution in [2.45, 2.75) is 41.9 Å². The molecule has 0 bridgehead atoms. The third-order valence-electron chi connectivity index (χ3n) is 7.54. The van der Waals surface area contributed by atoms with E-state index in [4.69, 9.17) is 20.7 Å². The summed E-state index contributed by atoms with van der Waals surface area (Å²) < 4.78 is 106. The number of aromatic carboxylic acids is 1. The van der Waals surface area contributed by atoms with Crippen LogP contribution in [0.3, 0.4) is 0 Å². The number of fused-ring (bicyclic) bond motifs is 2. The third-order valence-corrected chi connectivity index (χ3v) is 10.8. The molecule has 0 spiro atoms. The number of nitrogen functional groups attached to an aromatic ring is 1. The van der Waals surface area contributed by atoms with E-state index < -0.39 is 105 Å². The maximum Gasteiger partial charge on any atom is 1.00 e. The number of benzene rings is 3. The Kier molecular flexibility index (Phi) is 13.7. The van der Waals surface area contributed by atoms with E-state index in [1.165, 1.54) is 18.2 Å². The van der Waals surface area contributed by atoms with Crippen molar-refractivity contribution in [2.75, 3.05) is 24.6 Å². The molecule has 4 rings (SSSR count). The summed E-state index contributed by atoms with van der Waals surface area (Å²) in [4.78, 5) is 34.5. The fraction of sp³-hybridized carbons (Fsp3) is 0.267. The van der Waals surface area contributed by atoms with Crippen LogP contribution in [0.2, 0.25) is 0 Å². The molecular weight excluding hydrogens is 760 g/mol. The first kappa shape index (κ1) is 42.5. The normalized spacial score (nSPS) is 12.0. The Morgan fingerprint density at radius 3 is 2.15 bits per heavy atom. The fourth-order valence-electron chi connectivity index (χ4n) is 5.31. The Labute approximate surface area is 319 Å². The number of nitrogens with one attached hydrogen (secondary N) is 2. The summed E-state index contributed by atoms with van der Waals surface area (Å²) in [7, 11) is -14.9. The van der Waals surface area contributed by atoms with E-state index in [0.717, 1.165) is 24.3 Å². The minimum absolute atomic E-state index is 0. The summed E-state index contributed by atoms with van der Waals surface area (Å²) in [6, 6.07) is 8.06. The molecular formula is C30H31N4NaO14S3. The van der Waals surface area contributed by atoms with Gasteiger partial charge in [-0.25, -0.2) is 34.8 Å². The molecule has 2 aromatic rings. The van der Waals surface area contributed by atoms with E-state index >= 15 is 0 Å². The topological polar surface area (TPSA) is 329 Å². The molecule has 52 heavy (non-hydrogen) atoms. The predicted molar refractivity (Wildman–Crippen MR) is 175 cm³/mol. The zero-order valence-electron chi connectivity index (χ0n) is 27.4. The molecule has 2 aromatic carbocycles. The molecule has 0 saturated heterocycles. The minimum Gasteiger partial charge on any atom is -0.748 e. The smallest absolute Gasteiger partial charge is 0.748 e. The Bertz CT molecular complexity index is 2420. The monoisotopic (exact) mass is 790 g/mol. The van der Waals surface area contributed by atoms with E-state index in [1.807, 2.05) is 0 Å². The van der Waals surface area contributed by atoms with Gasteiger partial charge < -0.3 is 34.8 Å². The van der Waals surface area contributed by atoms with E-state index in [0.29, 0.717) is 19.3 Å². The third kappa shape index (κ3) is 9.93. The van der Waals surface area contributed by atoms with Gasteiger partial charge in [-0.1, -0.05) is 6.42 Å². The van der Waals surface area contributed by atoms with Crippen LogP contribution in [-0.4, -0.2) is 81.3 Å². The first-order valence-corrected chi connectivity index (χ1v) is 19.4. The molecule has 0 radical (unpaired) electrons. The molecule has 274 valence electrons. The van der Waals surface area contributed by atoms with Crippen LogP contribution >= 0.6 is 0 Å². The van der Waals surface area contributed by atoms with Crippen LogP contribution < -0.4 is 56.1 Å². The predicted octanol–water partition coefficient (Wildman–Crippen LogP) is -3.36. The van der Waals surface area contributed by atoms with Gasteiger partial charge in [0.05, 0.1) is 21.4 Å². The maximum absolute atomic E-state index is 13.6. The summed E-state index contributed by atoms with van der Waals surface area (Å²) >= 11 is 0. The van der Waals surface area contributed by atoms with Gasteiger partial charge in [0.1, 0.15) is 15.0 Å². The molecule has 2 aliphatic rings. The van der Waals surface area contributed by atoms with E-state index in [-0.39, 0.29) is 70.2 Å². The summed E-state index contributed by atoms with van der Waals surface area (Å²) in [5.41, 5.74) is 3.78. The van der Waals surface area contributed by atoms with Gasteiger partial charge >= 0.3 is 41.5 Å². The molecule has 0 aromatic heterocycles. The number of aliphatic carboxylic acids is 1. The van der Waals surface area contributed by atoms with Crippen molar-refractivity contribution in [1.29, 1.82) is 0 Å². The number of rotatable bonds is 16. The zero-order valence-corrected chi connectivity index (χ0v) is 31.8. The van der Waals surface area contributed by atoms with Crippen molar-refractivity contribution in [1.82, 2.24) is 10.0 Å². The van der Waals surface area contributed by atoms with E-state index in [9.17, 15) is 53.8 Å². The number of nitrogens with two attached hydrogens (primary N) is 2. The minimum atomic E-state index is -5.45. The Hall–Kier alpha value is -3.93. The second kappa shape index (κ2) is 16.8. The maximum atomic E-state index is 13.6. The van der Waals surface area contributed by atoms with Gasteiger partial charge in [0, 0.05) is 53.4 Å². The SMILES string of the molecule is Nc1ccc2c(-c3cc(C(=O)NCCCCCC(=O)O)ccc3C(=O)O)c3ccc(=[NH2+])c(S(=O)(=O)[O-])c-3oc2c1S(=O)(=O)NCCCS(=O)(=O)[O-].[Na+]. The average Bonchev–Trinajstić information content (AvgIpc) is 3.01. The number of hydrogen-bond acceptors (Lipinski definition) is 13. The summed E-state index contributed by atoms with van der Waals surface area (Å²) in [5, 5.41) is 26.7. The Morgan fingerprint density at radius 2 is 1.54 bits per heavy atom. The van der Waals surface area contributed by atoms with Gasteiger partial charge in [0.2, 0.25) is 15.4 Å². The van der Waals surface area contributed by atoms with Gasteiger partial charge in [-0.3, -0.25) is 15.0 Å².